The number of fused-ring (bicyclic) bond motifs is 1. The number of hydrogen-bond acceptors (Lipinski definition) is 4. The molecule has 5 rings (SSSR count). The van der Waals surface area contributed by atoms with Crippen molar-refractivity contribution < 1.29 is 14.3 Å². The standard InChI is InChI=1S/C23H32N4O3/c28-22-24-20-8-4-5-9-21(20)27(22)17-10-13-25(14-11-17)18-12-15-26(16-18)23(29)30-19-6-2-1-3-7-19/h1-3,6-7,17-18,20-21H,4-5,8-16H2,(H,24,28)/t18?,20-,21-/m1/s1. The van der Waals surface area contributed by atoms with Crippen molar-refractivity contribution in [3.63, 3.8) is 0 Å². The number of para-hydroxylation sites is 1. The fourth-order valence-corrected chi connectivity index (χ4v) is 5.82. The summed E-state index contributed by atoms with van der Waals surface area (Å²) in [6.07, 6.45) is 7.54. The van der Waals surface area contributed by atoms with Crippen LogP contribution in [0.4, 0.5) is 9.59 Å². The Labute approximate surface area is 178 Å². The average Bonchev–Trinajstić information content (AvgIpc) is 3.39. The van der Waals surface area contributed by atoms with Crippen LogP contribution in [-0.4, -0.2) is 77.2 Å². The van der Waals surface area contributed by atoms with Gasteiger partial charge in [0.25, 0.3) is 0 Å². The molecule has 3 heterocycles. The smallest absolute Gasteiger partial charge is 0.410 e. The Bertz CT molecular complexity index is 765. The zero-order chi connectivity index (χ0) is 20.5. The van der Waals surface area contributed by atoms with Gasteiger partial charge in [-0.25, -0.2) is 9.59 Å². The number of carbonyl (C=O) groups is 2. The second kappa shape index (κ2) is 8.46. The van der Waals surface area contributed by atoms with Gasteiger partial charge in [0.2, 0.25) is 0 Å². The Balaban J connectivity index is 1.12. The van der Waals surface area contributed by atoms with E-state index in [0.29, 0.717) is 29.9 Å². The zero-order valence-corrected chi connectivity index (χ0v) is 17.5. The first-order valence-corrected chi connectivity index (χ1v) is 11.5. The molecule has 0 aromatic heterocycles. The third kappa shape index (κ3) is 3.87. The summed E-state index contributed by atoms with van der Waals surface area (Å²) in [5, 5.41) is 3.22. The number of urea groups is 1. The molecule has 1 saturated carbocycles. The van der Waals surface area contributed by atoms with E-state index in [4.69, 9.17) is 4.74 Å². The maximum absolute atomic E-state index is 12.6. The highest BCUT2D eigenvalue weighted by molar-refractivity contribution is 5.78. The summed E-state index contributed by atoms with van der Waals surface area (Å²) in [4.78, 5) is 31.6. The van der Waals surface area contributed by atoms with Crippen LogP contribution in [0, 0.1) is 0 Å². The number of piperidine rings is 1. The molecule has 3 aliphatic heterocycles. The Hall–Kier alpha value is -2.28. The van der Waals surface area contributed by atoms with E-state index in [9.17, 15) is 9.59 Å². The van der Waals surface area contributed by atoms with Crippen molar-refractivity contribution in [3.05, 3.63) is 30.3 Å². The number of hydrogen-bond donors (Lipinski definition) is 1. The monoisotopic (exact) mass is 412 g/mol. The van der Waals surface area contributed by atoms with E-state index in [0.717, 1.165) is 58.3 Å². The number of amides is 3. The summed E-state index contributed by atoms with van der Waals surface area (Å²) in [7, 11) is 0. The molecular formula is C23H32N4O3. The quantitative estimate of drug-likeness (QED) is 0.829. The van der Waals surface area contributed by atoms with Gasteiger partial charge < -0.3 is 19.9 Å². The number of ether oxygens (including phenoxy) is 1. The topological polar surface area (TPSA) is 65.1 Å². The normalized spacial score (nSPS) is 30.3. The molecule has 3 saturated heterocycles. The number of carbonyl (C=O) groups excluding carboxylic acids is 2. The maximum atomic E-state index is 12.6. The van der Waals surface area contributed by atoms with Crippen molar-refractivity contribution in [2.24, 2.45) is 0 Å². The molecule has 1 N–H and O–H groups in total. The molecule has 7 heteroatoms. The fourth-order valence-electron chi connectivity index (χ4n) is 5.82. The van der Waals surface area contributed by atoms with Gasteiger partial charge in [-0.1, -0.05) is 31.0 Å². The molecule has 0 radical (unpaired) electrons. The van der Waals surface area contributed by atoms with E-state index < -0.39 is 0 Å². The number of benzene rings is 1. The van der Waals surface area contributed by atoms with Crippen molar-refractivity contribution >= 4 is 12.1 Å². The molecule has 1 aromatic rings. The second-order valence-corrected chi connectivity index (χ2v) is 9.15. The van der Waals surface area contributed by atoms with Gasteiger partial charge >= 0.3 is 12.1 Å². The van der Waals surface area contributed by atoms with Gasteiger partial charge in [-0.15, -0.1) is 0 Å². The Morgan fingerprint density at radius 3 is 2.47 bits per heavy atom. The van der Waals surface area contributed by atoms with E-state index in [-0.39, 0.29) is 12.1 Å². The molecule has 0 bridgehead atoms. The van der Waals surface area contributed by atoms with Crippen LogP contribution in [0.5, 0.6) is 5.75 Å². The molecule has 3 atom stereocenters. The first kappa shape index (κ1) is 19.7. The number of nitrogens with one attached hydrogen (secondary N) is 1. The largest absolute Gasteiger partial charge is 0.415 e. The van der Waals surface area contributed by atoms with Crippen molar-refractivity contribution in [1.29, 1.82) is 0 Å². The molecule has 0 spiro atoms. The van der Waals surface area contributed by atoms with Gasteiger partial charge in [-0.2, -0.15) is 0 Å². The SMILES string of the molecule is O=C(Oc1ccccc1)N1CCC(N2CCC(N3C(=O)N[C@@H]4CCCC[C@H]43)CC2)C1. The molecule has 3 amide bonds. The minimum absolute atomic E-state index is 0.154. The summed E-state index contributed by atoms with van der Waals surface area (Å²) in [5.41, 5.74) is 0. The van der Waals surface area contributed by atoms with Crippen LogP contribution in [0.2, 0.25) is 0 Å². The molecule has 4 aliphatic rings. The summed E-state index contributed by atoms with van der Waals surface area (Å²) in [6, 6.07) is 10.9. The lowest BCUT2D eigenvalue weighted by molar-refractivity contribution is 0.0825. The molecule has 1 unspecified atom stereocenters. The summed E-state index contributed by atoms with van der Waals surface area (Å²) >= 11 is 0. The minimum Gasteiger partial charge on any atom is -0.410 e. The van der Waals surface area contributed by atoms with E-state index in [2.05, 4.69) is 15.1 Å². The first-order valence-electron chi connectivity index (χ1n) is 11.5. The third-order valence-electron chi connectivity index (χ3n) is 7.41. The van der Waals surface area contributed by atoms with Crippen LogP contribution in [0.3, 0.4) is 0 Å². The van der Waals surface area contributed by atoms with Crippen LogP contribution in [0.25, 0.3) is 0 Å². The Kier molecular flexibility index (Phi) is 5.54. The lowest BCUT2D eigenvalue weighted by Gasteiger charge is -2.41. The van der Waals surface area contributed by atoms with Crippen LogP contribution in [-0.2, 0) is 0 Å². The molecule has 30 heavy (non-hydrogen) atoms. The predicted octanol–water partition coefficient (Wildman–Crippen LogP) is 3.06. The predicted molar refractivity (Wildman–Crippen MR) is 113 cm³/mol. The number of likely N-dealkylation sites (tertiary alicyclic amines) is 2. The summed E-state index contributed by atoms with van der Waals surface area (Å²) < 4.78 is 5.50. The van der Waals surface area contributed by atoms with Gasteiger partial charge in [0.1, 0.15) is 5.75 Å². The number of nitrogens with zero attached hydrogens (tertiary/aromatic N) is 3. The lowest BCUT2D eigenvalue weighted by Crippen LogP contribution is -2.52. The molecular weight excluding hydrogens is 380 g/mol. The van der Waals surface area contributed by atoms with E-state index in [1.807, 2.05) is 35.2 Å². The van der Waals surface area contributed by atoms with E-state index in [1.54, 1.807) is 0 Å². The van der Waals surface area contributed by atoms with Gasteiger partial charge in [-0.3, -0.25) is 4.90 Å². The molecule has 1 aliphatic carbocycles. The van der Waals surface area contributed by atoms with Crippen molar-refractivity contribution in [2.75, 3.05) is 26.2 Å². The average molecular weight is 413 g/mol. The zero-order valence-electron chi connectivity index (χ0n) is 17.5. The number of rotatable bonds is 3. The van der Waals surface area contributed by atoms with E-state index >= 15 is 0 Å². The molecule has 7 nitrogen and oxygen atoms in total. The fraction of sp³-hybridized carbons (Fsp3) is 0.652. The third-order valence-corrected chi connectivity index (χ3v) is 7.41. The maximum Gasteiger partial charge on any atom is 0.415 e. The van der Waals surface area contributed by atoms with Crippen LogP contribution in [0.15, 0.2) is 30.3 Å². The Morgan fingerprint density at radius 1 is 0.933 bits per heavy atom. The van der Waals surface area contributed by atoms with Crippen molar-refractivity contribution in [3.8, 4) is 5.75 Å². The minimum atomic E-state index is -0.254. The van der Waals surface area contributed by atoms with Crippen molar-refractivity contribution in [1.82, 2.24) is 20.0 Å². The second-order valence-electron chi connectivity index (χ2n) is 9.15. The van der Waals surface area contributed by atoms with Crippen LogP contribution in [0.1, 0.15) is 44.9 Å². The van der Waals surface area contributed by atoms with Gasteiger partial charge in [0.15, 0.2) is 0 Å². The van der Waals surface area contributed by atoms with Gasteiger partial charge in [0.05, 0.1) is 12.1 Å². The highest BCUT2D eigenvalue weighted by atomic mass is 16.6. The highest BCUT2D eigenvalue weighted by Gasteiger charge is 2.45. The molecule has 4 fully saturated rings. The molecule has 1 aromatic carbocycles. The summed E-state index contributed by atoms with van der Waals surface area (Å²) in [6.45, 7) is 3.47. The van der Waals surface area contributed by atoms with Crippen molar-refractivity contribution in [2.45, 2.75) is 69.1 Å². The Morgan fingerprint density at radius 2 is 1.67 bits per heavy atom. The van der Waals surface area contributed by atoms with Gasteiger partial charge in [0, 0.05) is 38.3 Å². The lowest BCUT2D eigenvalue weighted by atomic mass is 9.89. The molecule has 162 valence electrons. The highest BCUT2D eigenvalue weighted by Crippen LogP contribution is 2.33. The van der Waals surface area contributed by atoms with E-state index in [1.165, 1.54) is 12.8 Å². The van der Waals surface area contributed by atoms with Gasteiger partial charge in [-0.05, 0) is 44.2 Å². The van der Waals surface area contributed by atoms with Crippen LogP contribution < -0.4 is 10.1 Å². The summed E-state index contributed by atoms with van der Waals surface area (Å²) in [5.74, 6) is 0.594. The first-order chi connectivity index (χ1) is 14.7. The van der Waals surface area contributed by atoms with Crippen LogP contribution >= 0.6 is 0 Å².